The lowest BCUT2D eigenvalue weighted by Crippen LogP contribution is -2.42. The molecule has 1 fully saturated rings. The van der Waals surface area contributed by atoms with Gasteiger partial charge in [0, 0.05) is 28.7 Å². The van der Waals surface area contributed by atoms with Crippen LogP contribution < -0.4 is 10.2 Å². The summed E-state index contributed by atoms with van der Waals surface area (Å²) in [5.41, 5.74) is 1.01. The Kier molecular flexibility index (Phi) is 5.92. The number of piperidine rings is 1. The van der Waals surface area contributed by atoms with E-state index >= 15 is 0 Å². The molecule has 0 spiro atoms. The molecule has 1 unspecified atom stereocenters. The molecule has 0 amide bonds. The molecular formula is C17H20BrClN4O. The van der Waals surface area contributed by atoms with Crippen LogP contribution in [-0.2, 0) is 6.54 Å². The van der Waals surface area contributed by atoms with Gasteiger partial charge in [-0.25, -0.2) is 9.97 Å². The van der Waals surface area contributed by atoms with E-state index in [4.69, 9.17) is 11.6 Å². The van der Waals surface area contributed by atoms with Crippen LogP contribution in [0.25, 0.3) is 0 Å². The van der Waals surface area contributed by atoms with Gasteiger partial charge in [-0.1, -0.05) is 33.6 Å². The molecule has 2 N–H and O–H groups in total. The van der Waals surface area contributed by atoms with Gasteiger partial charge >= 0.3 is 0 Å². The summed E-state index contributed by atoms with van der Waals surface area (Å²) in [7, 11) is 0. The molecule has 3 rings (SSSR count). The van der Waals surface area contributed by atoms with Crippen molar-refractivity contribution in [2.45, 2.75) is 31.8 Å². The lowest BCUT2D eigenvalue weighted by molar-refractivity contribution is 0.239. The molecule has 1 aliphatic rings. The standard InChI is InChI=1S/C17H20BrClN4O/c18-13-5-4-12(15(19)7-13)9-20-16-8-17(22-11-21-16)23-6-2-1-3-14(23)10-24/h4-5,7-8,11,14,24H,1-3,6,9-10H2,(H,20,21,22). The maximum absolute atomic E-state index is 9.58. The van der Waals surface area contributed by atoms with Crippen molar-refractivity contribution >= 4 is 39.2 Å². The highest BCUT2D eigenvalue weighted by Crippen LogP contribution is 2.25. The Bertz CT molecular complexity index is 700. The van der Waals surface area contributed by atoms with Crippen LogP contribution in [0.5, 0.6) is 0 Å². The average Bonchev–Trinajstić information content (AvgIpc) is 2.61. The summed E-state index contributed by atoms with van der Waals surface area (Å²) in [4.78, 5) is 10.8. The van der Waals surface area contributed by atoms with Crippen molar-refractivity contribution in [3.63, 3.8) is 0 Å². The molecule has 1 aromatic carbocycles. The van der Waals surface area contributed by atoms with Crippen LogP contribution in [0.4, 0.5) is 11.6 Å². The van der Waals surface area contributed by atoms with E-state index in [0.29, 0.717) is 11.6 Å². The second-order valence-corrected chi connectivity index (χ2v) is 7.20. The molecule has 128 valence electrons. The van der Waals surface area contributed by atoms with Crippen LogP contribution in [0.3, 0.4) is 0 Å². The van der Waals surface area contributed by atoms with Gasteiger partial charge in [0.05, 0.1) is 12.6 Å². The maximum Gasteiger partial charge on any atom is 0.134 e. The van der Waals surface area contributed by atoms with E-state index in [-0.39, 0.29) is 12.6 Å². The molecule has 0 aliphatic carbocycles. The van der Waals surface area contributed by atoms with Gasteiger partial charge in [-0.2, -0.15) is 0 Å². The Morgan fingerprint density at radius 2 is 2.17 bits per heavy atom. The van der Waals surface area contributed by atoms with Gasteiger partial charge in [-0.3, -0.25) is 0 Å². The average molecular weight is 412 g/mol. The Balaban J connectivity index is 1.71. The number of benzene rings is 1. The summed E-state index contributed by atoms with van der Waals surface area (Å²) >= 11 is 9.65. The Hall–Kier alpha value is -1.37. The van der Waals surface area contributed by atoms with E-state index in [9.17, 15) is 5.11 Å². The molecular weight excluding hydrogens is 392 g/mol. The molecule has 0 saturated carbocycles. The third kappa shape index (κ3) is 4.18. The first kappa shape index (κ1) is 17.5. The van der Waals surface area contributed by atoms with Gasteiger partial charge in [-0.05, 0) is 37.0 Å². The number of halogens is 2. The minimum absolute atomic E-state index is 0.141. The topological polar surface area (TPSA) is 61.3 Å². The lowest BCUT2D eigenvalue weighted by Gasteiger charge is -2.35. The van der Waals surface area contributed by atoms with E-state index in [0.717, 1.165) is 47.5 Å². The number of nitrogens with zero attached hydrogens (tertiary/aromatic N) is 3. The van der Waals surface area contributed by atoms with Gasteiger partial charge < -0.3 is 15.3 Å². The first-order valence-corrected chi connectivity index (χ1v) is 9.22. The third-order valence-corrected chi connectivity index (χ3v) is 5.10. The van der Waals surface area contributed by atoms with Crippen LogP contribution in [0.2, 0.25) is 5.02 Å². The summed E-state index contributed by atoms with van der Waals surface area (Å²) in [6.07, 6.45) is 4.83. The fraction of sp³-hybridized carbons (Fsp3) is 0.412. The van der Waals surface area contributed by atoms with E-state index in [1.54, 1.807) is 6.33 Å². The number of aromatic nitrogens is 2. The van der Waals surface area contributed by atoms with E-state index in [1.807, 2.05) is 24.3 Å². The molecule has 24 heavy (non-hydrogen) atoms. The van der Waals surface area contributed by atoms with Crippen LogP contribution in [0, 0.1) is 0 Å². The van der Waals surface area contributed by atoms with Crippen molar-refractivity contribution in [2.75, 3.05) is 23.4 Å². The zero-order valence-corrected chi connectivity index (χ0v) is 15.6. The Labute approximate surface area is 155 Å². The van der Waals surface area contributed by atoms with Crippen molar-refractivity contribution in [1.29, 1.82) is 0 Å². The first-order chi connectivity index (χ1) is 11.7. The summed E-state index contributed by atoms with van der Waals surface area (Å²) in [5, 5.41) is 13.6. The van der Waals surface area contributed by atoms with Gasteiger partial charge in [0.15, 0.2) is 0 Å². The fourth-order valence-corrected chi connectivity index (χ4v) is 3.68. The number of rotatable bonds is 5. The van der Waals surface area contributed by atoms with Crippen LogP contribution in [0.1, 0.15) is 24.8 Å². The number of nitrogens with one attached hydrogen (secondary N) is 1. The fourth-order valence-electron chi connectivity index (χ4n) is 2.94. The monoisotopic (exact) mass is 410 g/mol. The van der Waals surface area contributed by atoms with Crippen molar-refractivity contribution in [3.05, 3.63) is 45.7 Å². The molecule has 2 aromatic rings. The predicted molar refractivity (Wildman–Crippen MR) is 101 cm³/mol. The minimum atomic E-state index is 0.141. The quantitative estimate of drug-likeness (QED) is 0.782. The zero-order valence-electron chi connectivity index (χ0n) is 13.3. The molecule has 1 saturated heterocycles. The second kappa shape index (κ2) is 8.14. The van der Waals surface area contributed by atoms with Gasteiger partial charge in [0.25, 0.3) is 0 Å². The lowest BCUT2D eigenvalue weighted by atomic mass is 10.0. The zero-order chi connectivity index (χ0) is 16.9. The van der Waals surface area contributed by atoms with E-state index < -0.39 is 0 Å². The second-order valence-electron chi connectivity index (χ2n) is 5.88. The minimum Gasteiger partial charge on any atom is -0.394 e. The van der Waals surface area contributed by atoms with Crippen LogP contribution >= 0.6 is 27.5 Å². The molecule has 0 bridgehead atoms. The number of hydrogen-bond donors (Lipinski definition) is 2. The molecule has 5 nitrogen and oxygen atoms in total. The highest BCUT2D eigenvalue weighted by Gasteiger charge is 2.23. The third-order valence-electron chi connectivity index (χ3n) is 4.26. The molecule has 2 heterocycles. The Morgan fingerprint density at radius 3 is 2.96 bits per heavy atom. The van der Waals surface area contributed by atoms with Crippen LogP contribution in [0.15, 0.2) is 35.1 Å². The maximum atomic E-state index is 9.58. The Morgan fingerprint density at radius 1 is 1.29 bits per heavy atom. The van der Waals surface area contributed by atoms with Crippen LogP contribution in [-0.4, -0.2) is 34.3 Å². The van der Waals surface area contributed by atoms with Gasteiger partial charge in [0.2, 0.25) is 0 Å². The molecule has 7 heteroatoms. The smallest absolute Gasteiger partial charge is 0.134 e. The van der Waals surface area contributed by atoms with Gasteiger partial charge in [-0.15, -0.1) is 0 Å². The molecule has 1 aromatic heterocycles. The van der Waals surface area contributed by atoms with Crippen molar-refractivity contribution in [2.24, 2.45) is 0 Å². The van der Waals surface area contributed by atoms with Gasteiger partial charge in [0.1, 0.15) is 18.0 Å². The predicted octanol–water partition coefficient (Wildman–Crippen LogP) is 3.86. The molecule has 0 radical (unpaired) electrons. The number of hydrogen-bond acceptors (Lipinski definition) is 5. The number of aliphatic hydroxyl groups excluding tert-OH is 1. The van der Waals surface area contributed by atoms with Crippen molar-refractivity contribution in [1.82, 2.24) is 9.97 Å². The summed E-state index contributed by atoms with van der Waals surface area (Å²) in [6.45, 7) is 1.66. The first-order valence-electron chi connectivity index (χ1n) is 8.04. The summed E-state index contributed by atoms with van der Waals surface area (Å²) in [6, 6.07) is 7.90. The van der Waals surface area contributed by atoms with Crippen molar-refractivity contribution < 1.29 is 5.11 Å². The summed E-state index contributed by atoms with van der Waals surface area (Å²) < 4.78 is 0.959. The number of aliphatic hydroxyl groups is 1. The SMILES string of the molecule is OCC1CCCCN1c1cc(NCc2ccc(Br)cc2Cl)ncn1. The largest absolute Gasteiger partial charge is 0.394 e. The van der Waals surface area contributed by atoms with E-state index in [1.165, 1.54) is 0 Å². The normalized spacial score (nSPS) is 17.8. The molecule has 1 aliphatic heterocycles. The highest BCUT2D eigenvalue weighted by molar-refractivity contribution is 9.10. The summed E-state index contributed by atoms with van der Waals surface area (Å²) in [5.74, 6) is 1.61. The molecule has 1 atom stereocenters. The van der Waals surface area contributed by atoms with Crippen molar-refractivity contribution in [3.8, 4) is 0 Å². The highest BCUT2D eigenvalue weighted by atomic mass is 79.9. The number of anilines is 2. The van der Waals surface area contributed by atoms with E-state index in [2.05, 4.69) is 36.1 Å².